The first-order chi connectivity index (χ1) is 7.29. The van der Waals surface area contributed by atoms with Crippen molar-refractivity contribution >= 4 is 0 Å². The van der Waals surface area contributed by atoms with E-state index in [2.05, 4.69) is 23.6 Å². The second kappa shape index (κ2) is 5.31. The average Bonchev–Trinajstić information content (AvgIpc) is 2.29. The minimum absolute atomic E-state index is 0.899. The first-order valence-corrected chi connectivity index (χ1v) is 6.76. The first-order valence-electron chi connectivity index (χ1n) is 6.76. The Kier molecular flexibility index (Phi) is 4.04. The largest absolute Gasteiger partial charge is 0.303 e. The van der Waals surface area contributed by atoms with E-state index in [4.69, 9.17) is 0 Å². The molecule has 0 bridgehead atoms. The van der Waals surface area contributed by atoms with Crippen molar-refractivity contribution in [3.63, 3.8) is 0 Å². The molecule has 0 radical (unpaired) electrons. The molecule has 88 valence electrons. The second-order valence-electron chi connectivity index (χ2n) is 5.41. The Labute approximate surface area is 94.6 Å². The van der Waals surface area contributed by atoms with Crippen LogP contribution in [0.3, 0.4) is 0 Å². The van der Waals surface area contributed by atoms with Crippen LogP contribution in [0.25, 0.3) is 0 Å². The van der Waals surface area contributed by atoms with Gasteiger partial charge in [-0.1, -0.05) is 13.8 Å². The van der Waals surface area contributed by atoms with E-state index in [9.17, 15) is 0 Å². The van der Waals surface area contributed by atoms with Gasteiger partial charge in [-0.3, -0.25) is 0 Å². The van der Waals surface area contributed by atoms with E-state index < -0.39 is 0 Å². The number of nitrogens with zero attached hydrogens (tertiary/aromatic N) is 2. The summed E-state index contributed by atoms with van der Waals surface area (Å²) in [6.07, 6.45) is 5.68. The van der Waals surface area contributed by atoms with E-state index in [1.54, 1.807) is 0 Å². The molecule has 2 rings (SSSR count). The lowest BCUT2D eigenvalue weighted by Gasteiger charge is -2.41. The molecule has 0 unspecified atom stereocenters. The van der Waals surface area contributed by atoms with Crippen LogP contribution in [-0.4, -0.2) is 48.6 Å². The van der Waals surface area contributed by atoms with Crippen molar-refractivity contribution in [3.8, 4) is 0 Å². The number of likely N-dealkylation sites (tertiary alicyclic amines) is 2. The van der Waals surface area contributed by atoms with Gasteiger partial charge in [0.05, 0.1) is 0 Å². The van der Waals surface area contributed by atoms with E-state index in [1.165, 1.54) is 58.4 Å². The molecule has 2 saturated heterocycles. The first kappa shape index (κ1) is 11.4. The summed E-state index contributed by atoms with van der Waals surface area (Å²) in [5.41, 5.74) is 0. The normalized spacial score (nSPS) is 32.0. The second-order valence-corrected chi connectivity index (χ2v) is 5.41. The van der Waals surface area contributed by atoms with Crippen molar-refractivity contribution in [3.05, 3.63) is 0 Å². The summed E-state index contributed by atoms with van der Waals surface area (Å²) in [6.45, 7) is 11.3. The zero-order chi connectivity index (χ0) is 10.7. The summed E-state index contributed by atoms with van der Waals surface area (Å²) in [5, 5.41) is 0. The van der Waals surface area contributed by atoms with Gasteiger partial charge in [-0.2, -0.15) is 0 Å². The summed E-state index contributed by atoms with van der Waals surface area (Å²) in [4.78, 5) is 5.35. The van der Waals surface area contributed by atoms with Gasteiger partial charge in [0.2, 0.25) is 0 Å². The van der Waals surface area contributed by atoms with Gasteiger partial charge in [-0.05, 0) is 57.8 Å². The number of piperidine rings is 2. The highest BCUT2D eigenvalue weighted by Crippen LogP contribution is 2.23. The standard InChI is InChI=1S/C13H26N2/c1-3-14-9-6-13(7-10-14)15-8-4-5-12(2)11-15/h12-13H,3-11H2,1-2H3/t12-/m0/s1. The predicted molar refractivity (Wildman–Crippen MR) is 65.1 cm³/mol. The Hall–Kier alpha value is -0.0800. The molecule has 0 saturated carbocycles. The van der Waals surface area contributed by atoms with Gasteiger partial charge in [0.15, 0.2) is 0 Å². The van der Waals surface area contributed by atoms with Crippen molar-refractivity contribution in [1.82, 2.24) is 9.80 Å². The third kappa shape index (κ3) is 2.94. The number of rotatable bonds is 2. The van der Waals surface area contributed by atoms with E-state index in [0.29, 0.717) is 0 Å². The SMILES string of the molecule is CCN1CCC(N2CCC[C@H](C)C2)CC1. The highest BCUT2D eigenvalue weighted by atomic mass is 15.2. The van der Waals surface area contributed by atoms with Crippen LogP contribution in [0.4, 0.5) is 0 Å². The molecule has 2 heterocycles. The van der Waals surface area contributed by atoms with Crippen LogP contribution in [-0.2, 0) is 0 Å². The van der Waals surface area contributed by atoms with Gasteiger partial charge in [-0.15, -0.1) is 0 Å². The predicted octanol–water partition coefficient (Wildman–Crippen LogP) is 2.20. The van der Waals surface area contributed by atoms with Gasteiger partial charge in [0.1, 0.15) is 0 Å². The fraction of sp³-hybridized carbons (Fsp3) is 1.00. The Morgan fingerprint density at radius 2 is 1.80 bits per heavy atom. The highest BCUT2D eigenvalue weighted by molar-refractivity contribution is 4.82. The lowest BCUT2D eigenvalue weighted by atomic mass is 9.95. The Morgan fingerprint density at radius 1 is 1.07 bits per heavy atom. The van der Waals surface area contributed by atoms with E-state index in [0.717, 1.165) is 12.0 Å². The van der Waals surface area contributed by atoms with E-state index in [-0.39, 0.29) is 0 Å². The van der Waals surface area contributed by atoms with Gasteiger partial charge < -0.3 is 9.80 Å². The summed E-state index contributed by atoms with van der Waals surface area (Å²) < 4.78 is 0. The maximum absolute atomic E-state index is 2.77. The molecule has 2 nitrogen and oxygen atoms in total. The fourth-order valence-corrected chi connectivity index (χ4v) is 3.16. The van der Waals surface area contributed by atoms with Crippen molar-refractivity contribution in [2.75, 3.05) is 32.7 Å². The topological polar surface area (TPSA) is 6.48 Å². The van der Waals surface area contributed by atoms with Gasteiger partial charge >= 0.3 is 0 Å². The fourth-order valence-electron chi connectivity index (χ4n) is 3.16. The lowest BCUT2D eigenvalue weighted by Crippen LogP contribution is -2.48. The number of hydrogen-bond donors (Lipinski definition) is 0. The van der Waals surface area contributed by atoms with Crippen LogP contribution in [0.2, 0.25) is 0 Å². The molecule has 2 fully saturated rings. The van der Waals surface area contributed by atoms with Crippen molar-refractivity contribution in [2.45, 2.75) is 45.6 Å². The van der Waals surface area contributed by atoms with Crippen molar-refractivity contribution in [1.29, 1.82) is 0 Å². The summed E-state index contributed by atoms with van der Waals surface area (Å²) in [7, 11) is 0. The molecule has 0 aromatic rings. The van der Waals surface area contributed by atoms with Gasteiger partial charge in [0, 0.05) is 12.6 Å². The average molecular weight is 210 g/mol. The summed E-state index contributed by atoms with van der Waals surface area (Å²) in [5.74, 6) is 0.933. The molecule has 0 spiro atoms. The van der Waals surface area contributed by atoms with E-state index in [1.807, 2.05) is 0 Å². The Bertz CT molecular complexity index is 185. The smallest absolute Gasteiger partial charge is 0.0120 e. The quantitative estimate of drug-likeness (QED) is 0.689. The molecule has 15 heavy (non-hydrogen) atoms. The van der Waals surface area contributed by atoms with Crippen LogP contribution in [0.15, 0.2) is 0 Å². The molecule has 1 atom stereocenters. The summed E-state index contributed by atoms with van der Waals surface area (Å²) in [6, 6.07) is 0.899. The maximum atomic E-state index is 2.77. The van der Waals surface area contributed by atoms with Gasteiger partial charge in [-0.25, -0.2) is 0 Å². The molecule has 0 aromatic heterocycles. The molecule has 0 aromatic carbocycles. The van der Waals surface area contributed by atoms with Crippen LogP contribution < -0.4 is 0 Å². The van der Waals surface area contributed by atoms with Crippen molar-refractivity contribution in [2.24, 2.45) is 5.92 Å². The van der Waals surface area contributed by atoms with Gasteiger partial charge in [0.25, 0.3) is 0 Å². The maximum Gasteiger partial charge on any atom is 0.0120 e. The van der Waals surface area contributed by atoms with Crippen LogP contribution in [0, 0.1) is 5.92 Å². The zero-order valence-corrected chi connectivity index (χ0v) is 10.4. The molecule has 0 N–H and O–H groups in total. The lowest BCUT2D eigenvalue weighted by molar-refractivity contribution is 0.0770. The molecule has 2 heteroatoms. The molecule has 0 amide bonds. The third-order valence-electron chi connectivity index (χ3n) is 4.21. The zero-order valence-electron chi connectivity index (χ0n) is 10.4. The Morgan fingerprint density at radius 3 is 2.40 bits per heavy atom. The Balaban J connectivity index is 1.79. The van der Waals surface area contributed by atoms with E-state index >= 15 is 0 Å². The minimum atomic E-state index is 0.899. The van der Waals surface area contributed by atoms with Crippen LogP contribution >= 0.6 is 0 Å². The highest BCUT2D eigenvalue weighted by Gasteiger charge is 2.26. The molecular formula is C13H26N2. The summed E-state index contributed by atoms with van der Waals surface area (Å²) >= 11 is 0. The molecule has 2 aliphatic heterocycles. The minimum Gasteiger partial charge on any atom is -0.303 e. The monoisotopic (exact) mass is 210 g/mol. The van der Waals surface area contributed by atoms with Crippen LogP contribution in [0.5, 0.6) is 0 Å². The third-order valence-corrected chi connectivity index (χ3v) is 4.21. The molecule has 2 aliphatic rings. The molecule has 0 aliphatic carbocycles. The van der Waals surface area contributed by atoms with Crippen LogP contribution in [0.1, 0.15) is 39.5 Å². The molecular weight excluding hydrogens is 184 g/mol. The van der Waals surface area contributed by atoms with Crippen molar-refractivity contribution < 1.29 is 0 Å². The number of hydrogen-bond acceptors (Lipinski definition) is 2.